The molecule has 0 heterocycles. The molecule has 2 aliphatic rings. The molecule has 9 N–H and O–H groups in total. The Morgan fingerprint density at radius 2 is 0.857 bits per heavy atom. The summed E-state index contributed by atoms with van der Waals surface area (Å²) in [6.07, 6.45) is 12.9. The van der Waals surface area contributed by atoms with Crippen LogP contribution in [0.2, 0.25) is 0 Å². The Hall–Kier alpha value is -4.55. The topological polar surface area (TPSA) is 208 Å². The number of hydrogen-bond donors (Lipinski definition) is 7. The summed E-state index contributed by atoms with van der Waals surface area (Å²) in [5.74, 6) is -0.159. The van der Waals surface area contributed by atoms with Gasteiger partial charge in [-0.3, -0.25) is 5.41 Å². The highest BCUT2D eigenvalue weighted by Gasteiger charge is 2.02. The van der Waals surface area contributed by atoms with E-state index in [0.717, 1.165) is 0 Å². The number of carbonyl (C=O) groups excluding carboxylic acids is 2. The lowest BCUT2D eigenvalue weighted by molar-refractivity contribution is 0.248. The van der Waals surface area contributed by atoms with Crippen molar-refractivity contribution in [3.63, 3.8) is 0 Å². The first-order chi connectivity index (χ1) is 13.4. The van der Waals surface area contributed by atoms with Gasteiger partial charge in [0.05, 0.1) is 22.8 Å². The van der Waals surface area contributed by atoms with Crippen molar-refractivity contribution in [3.05, 3.63) is 48.6 Å². The Morgan fingerprint density at radius 3 is 1.11 bits per heavy atom. The summed E-state index contributed by atoms with van der Waals surface area (Å²) in [6.45, 7) is 0. The summed E-state index contributed by atoms with van der Waals surface area (Å²) in [6, 6.07) is -1.52. The van der Waals surface area contributed by atoms with E-state index in [1.165, 1.54) is 0 Å². The highest BCUT2D eigenvalue weighted by atomic mass is 16.2. The number of rotatable bonds is 4. The standard InChI is InChI=1S/C15H17N11O2/c16-13(23-19-9-1-5-11(6-2-9)21-25-14(17)27)24-20-10-3-7-12(8-4-10)22-26-15(18)28/h1-8H,(H3,16,23,24)(H3,17,25,27)(H3,18,26,28). The number of hydrazone groups is 4. The highest BCUT2D eigenvalue weighted by molar-refractivity contribution is 6.19. The molecule has 0 saturated heterocycles. The van der Waals surface area contributed by atoms with Crippen LogP contribution in [-0.2, 0) is 0 Å². The van der Waals surface area contributed by atoms with E-state index in [9.17, 15) is 9.59 Å². The van der Waals surface area contributed by atoms with Gasteiger partial charge in [-0.05, 0) is 48.6 Å². The molecule has 0 aliphatic heterocycles. The number of guanidine groups is 1. The SMILES string of the molecule is N=C(NN=C1C=CC(=NNC(N)=O)C=C1)NN=C1C=CC(=NNC(N)=O)C=C1. The van der Waals surface area contributed by atoms with E-state index >= 15 is 0 Å². The van der Waals surface area contributed by atoms with Crippen molar-refractivity contribution in [2.75, 3.05) is 0 Å². The lowest BCUT2D eigenvalue weighted by Crippen LogP contribution is -2.31. The van der Waals surface area contributed by atoms with Gasteiger partial charge in [-0.1, -0.05) is 0 Å². The predicted octanol–water partition coefficient (Wildman–Crippen LogP) is -0.887. The van der Waals surface area contributed by atoms with Gasteiger partial charge < -0.3 is 11.5 Å². The molecule has 0 atom stereocenters. The summed E-state index contributed by atoms with van der Waals surface area (Å²) in [5, 5.41) is 23.2. The molecule has 2 aliphatic carbocycles. The van der Waals surface area contributed by atoms with E-state index in [-0.39, 0.29) is 5.96 Å². The van der Waals surface area contributed by atoms with Crippen molar-refractivity contribution in [2.45, 2.75) is 0 Å². The Morgan fingerprint density at radius 1 is 0.607 bits per heavy atom. The molecule has 28 heavy (non-hydrogen) atoms. The maximum Gasteiger partial charge on any atom is 0.332 e. The zero-order valence-corrected chi connectivity index (χ0v) is 14.4. The fraction of sp³-hybridized carbons (Fsp3) is 0. The first kappa shape index (κ1) is 19.8. The maximum atomic E-state index is 10.6. The molecule has 0 fully saturated rings. The van der Waals surface area contributed by atoms with E-state index in [2.05, 4.69) is 42.1 Å². The van der Waals surface area contributed by atoms with Crippen LogP contribution < -0.4 is 33.2 Å². The molecule has 0 aromatic carbocycles. The largest absolute Gasteiger partial charge is 0.350 e. The van der Waals surface area contributed by atoms with E-state index in [4.69, 9.17) is 16.9 Å². The van der Waals surface area contributed by atoms with Crippen LogP contribution in [0.15, 0.2) is 69.0 Å². The second-order valence-corrected chi connectivity index (χ2v) is 5.03. The van der Waals surface area contributed by atoms with Gasteiger partial charge in [-0.25, -0.2) is 31.3 Å². The fourth-order valence-corrected chi connectivity index (χ4v) is 1.71. The van der Waals surface area contributed by atoms with Gasteiger partial charge in [-0.2, -0.15) is 20.4 Å². The third kappa shape index (κ3) is 7.14. The summed E-state index contributed by atoms with van der Waals surface area (Å²) in [5.41, 5.74) is 21.1. The number of primary amides is 2. The lowest BCUT2D eigenvalue weighted by Gasteiger charge is -2.06. The minimum atomic E-state index is -0.759. The summed E-state index contributed by atoms with van der Waals surface area (Å²) < 4.78 is 0. The van der Waals surface area contributed by atoms with Crippen molar-refractivity contribution >= 4 is 40.9 Å². The van der Waals surface area contributed by atoms with Gasteiger partial charge >= 0.3 is 12.1 Å². The normalized spacial score (nSPS) is 14.3. The molecule has 0 radical (unpaired) electrons. The molecular weight excluding hydrogens is 366 g/mol. The fourth-order valence-electron chi connectivity index (χ4n) is 1.71. The molecule has 0 unspecified atom stereocenters. The number of allylic oxidation sites excluding steroid dienone is 8. The number of hydrogen-bond acceptors (Lipinski definition) is 7. The molecule has 0 saturated carbocycles. The number of carbonyl (C=O) groups is 2. The molecule has 4 amide bonds. The predicted molar refractivity (Wildman–Crippen MR) is 106 cm³/mol. The van der Waals surface area contributed by atoms with Crippen LogP contribution in [0.3, 0.4) is 0 Å². The third-order valence-corrected chi connectivity index (χ3v) is 2.88. The second kappa shape index (κ2) is 9.81. The molecule has 13 heteroatoms. The Kier molecular flexibility index (Phi) is 6.93. The van der Waals surface area contributed by atoms with Crippen LogP contribution >= 0.6 is 0 Å². The van der Waals surface area contributed by atoms with E-state index in [0.29, 0.717) is 22.8 Å². The monoisotopic (exact) mass is 383 g/mol. The van der Waals surface area contributed by atoms with Gasteiger partial charge in [0.1, 0.15) is 0 Å². The van der Waals surface area contributed by atoms with Crippen molar-refractivity contribution in [2.24, 2.45) is 31.9 Å². The van der Waals surface area contributed by atoms with Crippen LogP contribution in [0.25, 0.3) is 0 Å². The molecular formula is C15H17N11O2. The highest BCUT2D eigenvalue weighted by Crippen LogP contribution is 1.97. The average molecular weight is 383 g/mol. The van der Waals surface area contributed by atoms with Crippen LogP contribution in [0.1, 0.15) is 0 Å². The van der Waals surface area contributed by atoms with Crippen LogP contribution in [-0.4, -0.2) is 40.9 Å². The smallest absolute Gasteiger partial charge is 0.332 e. The van der Waals surface area contributed by atoms with E-state index in [1.807, 2.05) is 0 Å². The zero-order chi connectivity index (χ0) is 20.4. The number of nitrogens with two attached hydrogens (primary N) is 2. The van der Waals surface area contributed by atoms with Gasteiger partial charge in [0.15, 0.2) is 0 Å². The number of nitrogens with zero attached hydrogens (tertiary/aromatic N) is 4. The van der Waals surface area contributed by atoms with E-state index in [1.54, 1.807) is 48.6 Å². The summed E-state index contributed by atoms with van der Waals surface area (Å²) >= 11 is 0. The quantitative estimate of drug-likeness (QED) is 0.143. The zero-order valence-electron chi connectivity index (χ0n) is 14.4. The summed E-state index contributed by atoms with van der Waals surface area (Å²) in [4.78, 5) is 21.2. The van der Waals surface area contributed by atoms with E-state index < -0.39 is 12.1 Å². The Bertz CT molecular complexity index is 795. The third-order valence-electron chi connectivity index (χ3n) is 2.88. The molecule has 144 valence electrons. The molecule has 0 aromatic rings. The Balaban J connectivity index is 1.81. The van der Waals surface area contributed by atoms with Gasteiger partial charge in [0.2, 0.25) is 5.96 Å². The molecule has 13 nitrogen and oxygen atoms in total. The van der Waals surface area contributed by atoms with Crippen molar-refractivity contribution in [1.29, 1.82) is 5.41 Å². The van der Waals surface area contributed by atoms with Crippen LogP contribution in [0, 0.1) is 5.41 Å². The van der Waals surface area contributed by atoms with Crippen molar-refractivity contribution in [3.8, 4) is 0 Å². The van der Waals surface area contributed by atoms with Gasteiger partial charge in [0, 0.05) is 0 Å². The van der Waals surface area contributed by atoms with Crippen LogP contribution in [0.5, 0.6) is 0 Å². The van der Waals surface area contributed by atoms with Gasteiger partial charge in [0.25, 0.3) is 0 Å². The maximum absolute atomic E-state index is 10.6. The second-order valence-electron chi connectivity index (χ2n) is 5.03. The van der Waals surface area contributed by atoms with Crippen molar-refractivity contribution in [1.82, 2.24) is 21.7 Å². The number of nitrogens with one attached hydrogen (secondary N) is 5. The van der Waals surface area contributed by atoms with Crippen molar-refractivity contribution < 1.29 is 9.59 Å². The minimum absolute atomic E-state index is 0.159. The molecule has 0 aromatic heterocycles. The minimum Gasteiger partial charge on any atom is -0.350 e. The molecule has 2 rings (SSSR count). The first-order valence-electron chi connectivity index (χ1n) is 7.67. The average Bonchev–Trinajstić information content (AvgIpc) is 2.69. The number of urea groups is 2. The number of amides is 4. The lowest BCUT2D eigenvalue weighted by atomic mass is 10.1. The molecule has 0 spiro atoms. The Labute approximate surface area is 158 Å². The van der Waals surface area contributed by atoms with Crippen LogP contribution in [0.4, 0.5) is 9.59 Å². The molecule has 0 bridgehead atoms. The first-order valence-corrected chi connectivity index (χ1v) is 7.67. The summed E-state index contributed by atoms with van der Waals surface area (Å²) in [7, 11) is 0. The van der Waals surface area contributed by atoms with Gasteiger partial charge in [-0.15, -0.1) is 0 Å².